The number of hydrogen-bond acceptors (Lipinski definition) is 1. The minimum absolute atomic E-state index is 0.192. The van der Waals surface area contributed by atoms with Gasteiger partial charge in [-0.05, 0) is 48.4 Å². The van der Waals surface area contributed by atoms with Crippen LogP contribution in [0.2, 0.25) is 10.0 Å². The Bertz CT molecular complexity index is 598. The highest BCUT2D eigenvalue weighted by atomic mass is 35.5. The lowest BCUT2D eigenvalue weighted by Gasteiger charge is -2.29. The van der Waals surface area contributed by atoms with Gasteiger partial charge in [0.1, 0.15) is 0 Å². The van der Waals surface area contributed by atoms with Crippen LogP contribution in [-0.4, -0.2) is 7.05 Å². The molecule has 0 saturated heterocycles. The van der Waals surface area contributed by atoms with Crippen molar-refractivity contribution in [3.63, 3.8) is 0 Å². The lowest BCUT2D eigenvalue weighted by atomic mass is 10.1. The molecule has 0 aromatic heterocycles. The van der Waals surface area contributed by atoms with Gasteiger partial charge in [0.05, 0.1) is 6.04 Å². The smallest absolute Gasteiger partial charge is 0.0511 e. The summed E-state index contributed by atoms with van der Waals surface area (Å²) in [4.78, 5) is 2.18. The third-order valence-corrected chi connectivity index (χ3v) is 4.24. The predicted octanol–water partition coefficient (Wildman–Crippen LogP) is 5.93. The summed E-state index contributed by atoms with van der Waals surface area (Å²) in [5, 5.41) is 1.45. The third kappa shape index (κ3) is 3.41. The molecular weight excluding hydrogens is 313 g/mol. The standard InChI is InChI=1S/C16H16Cl3N/c1-11(12-4-3-5-14(18)8-12)20(2)16-7-6-15(19)9-13(16)10-17/h3-9,11H,10H2,1-2H3. The SMILES string of the molecule is CC(c1cccc(Cl)c1)N(C)c1ccc(Cl)cc1CCl. The number of rotatable bonds is 4. The summed E-state index contributed by atoms with van der Waals surface area (Å²) >= 11 is 18.1. The first-order valence-corrected chi connectivity index (χ1v) is 7.64. The van der Waals surface area contributed by atoms with Gasteiger partial charge in [-0.3, -0.25) is 0 Å². The van der Waals surface area contributed by atoms with Crippen molar-refractivity contribution in [2.75, 3.05) is 11.9 Å². The van der Waals surface area contributed by atoms with Gasteiger partial charge in [-0.15, -0.1) is 11.6 Å². The van der Waals surface area contributed by atoms with Crippen LogP contribution in [0.5, 0.6) is 0 Å². The minimum atomic E-state index is 0.192. The third-order valence-electron chi connectivity index (χ3n) is 3.48. The van der Waals surface area contributed by atoms with Crippen LogP contribution in [-0.2, 0) is 5.88 Å². The highest BCUT2D eigenvalue weighted by Crippen LogP contribution is 2.31. The molecule has 1 atom stereocenters. The average Bonchev–Trinajstić information content (AvgIpc) is 2.45. The van der Waals surface area contributed by atoms with Gasteiger partial charge in [-0.25, -0.2) is 0 Å². The maximum Gasteiger partial charge on any atom is 0.0511 e. The Morgan fingerprint density at radius 1 is 1.05 bits per heavy atom. The Kier molecular flexibility index (Phi) is 5.20. The molecule has 0 bridgehead atoms. The molecule has 1 unspecified atom stereocenters. The molecule has 0 heterocycles. The maximum atomic E-state index is 6.06. The van der Waals surface area contributed by atoms with E-state index in [9.17, 15) is 0 Å². The van der Waals surface area contributed by atoms with Crippen LogP contribution in [0, 0.1) is 0 Å². The predicted molar refractivity (Wildman–Crippen MR) is 89.3 cm³/mol. The lowest BCUT2D eigenvalue weighted by Crippen LogP contribution is -2.22. The first-order chi connectivity index (χ1) is 9.52. The molecule has 1 nitrogen and oxygen atoms in total. The Balaban J connectivity index is 2.33. The zero-order valence-electron chi connectivity index (χ0n) is 11.4. The second kappa shape index (κ2) is 6.71. The van der Waals surface area contributed by atoms with Crippen molar-refractivity contribution >= 4 is 40.5 Å². The molecule has 2 aromatic carbocycles. The highest BCUT2D eigenvalue weighted by Gasteiger charge is 2.15. The largest absolute Gasteiger partial charge is 0.368 e. The molecule has 0 aliphatic heterocycles. The molecule has 2 aromatic rings. The molecule has 0 fully saturated rings. The molecule has 2 rings (SSSR count). The second-order valence-corrected chi connectivity index (χ2v) is 5.89. The number of halogens is 3. The van der Waals surface area contributed by atoms with E-state index in [0.717, 1.165) is 21.8 Å². The number of benzene rings is 2. The van der Waals surface area contributed by atoms with Crippen LogP contribution in [0.25, 0.3) is 0 Å². The summed E-state index contributed by atoms with van der Waals surface area (Å²) in [5.41, 5.74) is 3.27. The molecule has 4 heteroatoms. The van der Waals surface area contributed by atoms with E-state index in [-0.39, 0.29) is 6.04 Å². The van der Waals surface area contributed by atoms with Gasteiger partial charge >= 0.3 is 0 Å². The Morgan fingerprint density at radius 2 is 1.75 bits per heavy atom. The second-order valence-electron chi connectivity index (χ2n) is 4.75. The molecule has 0 aliphatic carbocycles. The Morgan fingerprint density at radius 3 is 2.40 bits per heavy atom. The summed E-state index contributed by atoms with van der Waals surface area (Å²) in [6.07, 6.45) is 0. The fraction of sp³-hybridized carbons (Fsp3) is 0.250. The molecular formula is C16H16Cl3N. The Labute approximate surface area is 135 Å². The van der Waals surface area contributed by atoms with Gasteiger partial charge in [0.25, 0.3) is 0 Å². The zero-order chi connectivity index (χ0) is 14.7. The lowest BCUT2D eigenvalue weighted by molar-refractivity contribution is 0.737. The van der Waals surface area contributed by atoms with Gasteiger partial charge in [0.2, 0.25) is 0 Å². The molecule has 0 N–H and O–H groups in total. The summed E-state index contributed by atoms with van der Waals surface area (Å²) in [6, 6.07) is 13.9. The molecule has 0 aliphatic rings. The molecule has 20 heavy (non-hydrogen) atoms. The first kappa shape index (κ1) is 15.5. The van der Waals surface area contributed by atoms with Gasteiger partial charge in [0.15, 0.2) is 0 Å². The minimum Gasteiger partial charge on any atom is -0.368 e. The average molecular weight is 329 g/mol. The summed E-state index contributed by atoms with van der Waals surface area (Å²) in [7, 11) is 2.05. The van der Waals surface area contributed by atoms with E-state index < -0.39 is 0 Å². The van der Waals surface area contributed by atoms with Gasteiger partial charge in [0, 0.05) is 28.7 Å². The van der Waals surface area contributed by atoms with Gasteiger partial charge in [-0.1, -0.05) is 35.3 Å². The summed E-state index contributed by atoms with van der Waals surface area (Å²) in [6.45, 7) is 2.14. The molecule has 0 amide bonds. The summed E-state index contributed by atoms with van der Waals surface area (Å²) < 4.78 is 0. The van der Waals surface area contributed by atoms with Gasteiger partial charge in [-0.2, -0.15) is 0 Å². The van der Waals surface area contributed by atoms with Crippen LogP contribution in [0.1, 0.15) is 24.1 Å². The van der Waals surface area contributed by atoms with Crippen molar-refractivity contribution in [2.24, 2.45) is 0 Å². The fourth-order valence-electron chi connectivity index (χ4n) is 2.20. The quantitative estimate of drug-likeness (QED) is 0.629. The first-order valence-electron chi connectivity index (χ1n) is 6.35. The normalized spacial score (nSPS) is 12.2. The van der Waals surface area contributed by atoms with Crippen molar-refractivity contribution in [3.8, 4) is 0 Å². The monoisotopic (exact) mass is 327 g/mol. The van der Waals surface area contributed by atoms with E-state index in [1.165, 1.54) is 0 Å². The van der Waals surface area contributed by atoms with Crippen LogP contribution < -0.4 is 4.90 Å². The molecule has 0 saturated carbocycles. The van der Waals surface area contributed by atoms with E-state index in [4.69, 9.17) is 34.8 Å². The van der Waals surface area contributed by atoms with E-state index in [0.29, 0.717) is 10.9 Å². The number of nitrogens with zero attached hydrogens (tertiary/aromatic N) is 1. The van der Waals surface area contributed by atoms with E-state index >= 15 is 0 Å². The molecule has 0 radical (unpaired) electrons. The van der Waals surface area contributed by atoms with Crippen molar-refractivity contribution in [1.29, 1.82) is 0 Å². The summed E-state index contributed by atoms with van der Waals surface area (Å²) in [5.74, 6) is 0.433. The van der Waals surface area contributed by atoms with E-state index in [1.807, 2.05) is 43.4 Å². The fourth-order valence-corrected chi connectivity index (χ4v) is 2.81. The molecule has 0 spiro atoms. The maximum absolute atomic E-state index is 6.06. The van der Waals surface area contributed by atoms with Gasteiger partial charge < -0.3 is 4.90 Å². The number of alkyl halides is 1. The zero-order valence-corrected chi connectivity index (χ0v) is 13.7. The topological polar surface area (TPSA) is 3.24 Å². The highest BCUT2D eigenvalue weighted by molar-refractivity contribution is 6.31. The Hall–Kier alpha value is -0.890. The van der Waals surface area contributed by atoms with E-state index in [1.54, 1.807) is 0 Å². The van der Waals surface area contributed by atoms with Crippen LogP contribution >= 0.6 is 34.8 Å². The van der Waals surface area contributed by atoms with Crippen molar-refractivity contribution in [2.45, 2.75) is 18.8 Å². The van der Waals surface area contributed by atoms with Crippen molar-refractivity contribution in [3.05, 3.63) is 63.6 Å². The van der Waals surface area contributed by atoms with Crippen LogP contribution in [0.4, 0.5) is 5.69 Å². The number of anilines is 1. The van der Waals surface area contributed by atoms with E-state index in [2.05, 4.69) is 17.9 Å². The molecule has 106 valence electrons. The van der Waals surface area contributed by atoms with Crippen LogP contribution in [0.15, 0.2) is 42.5 Å². The van der Waals surface area contributed by atoms with Crippen LogP contribution in [0.3, 0.4) is 0 Å². The van der Waals surface area contributed by atoms with Crippen molar-refractivity contribution in [1.82, 2.24) is 0 Å². The number of hydrogen-bond donors (Lipinski definition) is 0. The van der Waals surface area contributed by atoms with Crippen molar-refractivity contribution < 1.29 is 0 Å².